The number of hydrogen-bond donors (Lipinski definition) is 2. The predicted molar refractivity (Wildman–Crippen MR) is 75.0 cm³/mol. The van der Waals surface area contributed by atoms with Gasteiger partial charge in [0, 0.05) is 19.1 Å². The molecule has 0 aromatic heterocycles. The number of nitrogens with one attached hydrogen (secondary N) is 2. The Bertz CT molecular complexity index is 481. The molecule has 0 bridgehead atoms. The number of carbonyl (C=O) groups is 1. The molecule has 0 radical (unpaired) electrons. The highest BCUT2D eigenvalue weighted by molar-refractivity contribution is 5.77. The van der Waals surface area contributed by atoms with Crippen molar-refractivity contribution >= 4 is 5.91 Å². The lowest BCUT2D eigenvalue weighted by Crippen LogP contribution is -2.29. The van der Waals surface area contributed by atoms with E-state index in [1.807, 2.05) is 6.92 Å². The van der Waals surface area contributed by atoms with Gasteiger partial charge in [0.05, 0.1) is 0 Å². The van der Waals surface area contributed by atoms with Crippen LogP contribution in [-0.4, -0.2) is 25.1 Å². The van der Waals surface area contributed by atoms with Crippen LogP contribution in [0.1, 0.15) is 31.7 Å². The first-order valence-electron chi connectivity index (χ1n) is 7.21. The van der Waals surface area contributed by atoms with Gasteiger partial charge in [0.1, 0.15) is 0 Å². The molecule has 0 atom stereocenters. The van der Waals surface area contributed by atoms with Gasteiger partial charge in [-0.05, 0) is 37.0 Å². The first-order chi connectivity index (χ1) is 10.1. The van der Waals surface area contributed by atoms with Crippen LogP contribution >= 0.6 is 0 Å². The van der Waals surface area contributed by atoms with Crippen LogP contribution in [0.3, 0.4) is 0 Å². The van der Waals surface area contributed by atoms with Gasteiger partial charge < -0.3 is 15.4 Å². The van der Waals surface area contributed by atoms with Crippen LogP contribution < -0.4 is 15.4 Å². The molecule has 1 aromatic carbocycles. The van der Waals surface area contributed by atoms with Crippen LogP contribution in [0.4, 0.5) is 8.78 Å². The van der Waals surface area contributed by atoms with E-state index in [-0.39, 0.29) is 0 Å². The molecule has 1 aliphatic carbocycles. The SMILES string of the molecule is CCCNC(=O)COc1c(F)cc(CNC2CC2)cc1F. The molecule has 116 valence electrons. The number of ether oxygens (including phenoxy) is 1. The van der Waals surface area contributed by atoms with Crippen LogP contribution in [0, 0.1) is 11.6 Å². The van der Waals surface area contributed by atoms with Crippen molar-refractivity contribution in [1.29, 1.82) is 0 Å². The minimum Gasteiger partial charge on any atom is -0.478 e. The van der Waals surface area contributed by atoms with Crippen molar-refractivity contribution in [3.8, 4) is 5.75 Å². The molecular weight excluding hydrogens is 278 g/mol. The molecule has 4 nitrogen and oxygen atoms in total. The third-order valence-corrected chi connectivity index (χ3v) is 3.15. The van der Waals surface area contributed by atoms with Gasteiger partial charge in [-0.15, -0.1) is 0 Å². The van der Waals surface area contributed by atoms with E-state index >= 15 is 0 Å². The van der Waals surface area contributed by atoms with Gasteiger partial charge in [0.25, 0.3) is 5.91 Å². The Labute approximate surface area is 122 Å². The molecule has 21 heavy (non-hydrogen) atoms. The summed E-state index contributed by atoms with van der Waals surface area (Å²) in [4.78, 5) is 11.4. The van der Waals surface area contributed by atoms with Crippen molar-refractivity contribution < 1.29 is 18.3 Å². The summed E-state index contributed by atoms with van der Waals surface area (Å²) in [6.45, 7) is 2.46. The molecule has 0 unspecified atom stereocenters. The van der Waals surface area contributed by atoms with E-state index in [1.165, 1.54) is 12.1 Å². The molecule has 0 spiro atoms. The fourth-order valence-corrected chi connectivity index (χ4v) is 1.86. The Balaban J connectivity index is 1.91. The molecule has 2 rings (SSSR count). The van der Waals surface area contributed by atoms with Gasteiger partial charge in [-0.1, -0.05) is 6.92 Å². The average Bonchev–Trinajstić information content (AvgIpc) is 3.26. The van der Waals surface area contributed by atoms with Gasteiger partial charge in [0.15, 0.2) is 24.0 Å². The minimum atomic E-state index is -0.786. The molecule has 1 fully saturated rings. The fourth-order valence-electron chi connectivity index (χ4n) is 1.86. The summed E-state index contributed by atoms with van der Waals surface area (Å²) in [5.74, 6) is -2.47. The Hall–Kier alpha value is -1.69. The number of carbonyl (C=O) groups excluding carboxylic acids is 1. The maximum absolute atomic E-state index is 13.8. The normalized spacial score (nSPS) is 14.0. The van der Waals surface area contributed by atoms with Gasteiger partial charge in [-0.2, -0.15) is 0 Å². The monoisotopic (exact) mass is 298 g/mol. The topological polar surface area (TPSA) is 50.4 Å². The number of rotatable bonds is 8. The van der Waals surface area contributed by atoms with E-state index in [4.69, 9.17) is 4.74 Å². The van der Waals surface area contributed by atoms with Gasteiger partial charge in [-0.3, -0.25) is 4.79 Å². The molecule has 6 heteroatoms. The Morgan fingerprint density at radius 3 is 2.57 bits per heavy atom. The second-order valence-corrected chi connectivity index (χ2v) is 5.18. The lowest BCUT2D eigenvalue weighted by atomic mass is 10.2. The summed E-state index contributed by atoms with van der Waals surface area (Å²) >= 11 is 0. The van der Waals surface area contributed by atoms with Crippen molar-refractivity contribution in [1.82, 2.24) is 10.6 Å². The summed E-state index contributed by atoms with van der Waals surface area (Å²) in [5, 5.41) is 5.76. The van der Waals surface area contributed by atoms with Crippen LogP contribution in [0.2, 0.25) is 0 Å². The zero-order valence-corrected chi connectivity index (χ0v) is 12.0. The first kappa shape index (κ1) is 15.7. The molecule has 2 N–H and O–H groups in total. The molecule has 1 aromatic rings. The molecule has 0 saturated heterocycles. The van der Waals surface area contributed by atoms with Crippen LogP contribution in [0.15, 0.2) is 12.1 Å². The highest BCUT2D eigenvalue weighted by Gasteiger charge is 2.21. The highest BCUT2D eigenvalue weighted by atomic mass is 19.1. The van der Waals surface area contributed by atoms with Gasteiger partial charge in [0.2, 0.25) is 0 Å². The molecule has 1 amide bonds. The highest BCUT2D eigenvalue weighted by Crippen LogP contribution is 2.24. The minimum absolute atomic E-state index is 0.393. The summed E-state index contributed by atoms with van der Waals surface area (Å²) < 4.78 is 32.6. The Morgan fingerprint density at radius 1 is 1.33 bits per heavy atom. The maximum atomic E-state index is 13.8. The zero-order valence-electron chi connectivity index (χ0n) is 12.0. The van der Waals surface area contributed by atoms with Crippen molar-refractivity contribution in [3.05, 3.63) is 29.3 Å². The third-order valence-electron chi connectivity index (χ3n) is 3.15. The van der Waals surface area contributed by atoms with E-state index in [2.05, 4.69) is 10.6 Å². The average molecular weight is 298 g/mol. The molecular formula is C15H20F2N2O2. The molecule has 1 saturated carbocycles. The van der Waals surface area contributed by atoms with Crippen LogP contribution in [0.25, 0.3) is 0 Å². The third kappa shape index (κ3) is 4.97. The summed E-state index contributed by atoms with van der Waals surface area (Å²) in [6, 6.07) is 2.93. The number of halogens is 2. The molecule has 1 aliphatic rings. The van der Waals surface area contributed by atoms with Crippen LogP contribution in [-0.2, 0) is 11.3 Å². The molecule has 0 heterocycles. The van der Waals surface area contributed by atoms with E-state index in [0.717, 1.165) is 19.3 Å². The number of amides is 1. The van der Waals surface area contributed by atoms with E-state index in [1.54, 1.807) is 0 Å². The van der Waals surface area contributed by atoms with Gasteiger partial charge >= 0.3 is 0 Å². The van der Waals surface area contributed by atoms with E-state index in [9.17, 15) is 13.6 Å². The summed E-state index contributed by atoms with van der Waals surface area (Å²) in [5.41, 5.74) is 0.527. The number of hydrogen-bond acceptors (Lipinski definition) is 3. The maximum Gasteiger partial charge on any atom is 0.257 e. The lowest BCUT2D eigenvalue weighted by Gasteiger charge is -2.10. The first-order valence-corrected chi connectivity index (χ1v) is 7.21. The smallest absolute Gasteiger partial charge is 0.257 e. The summed E-state index contributed by atoms with van der Waals surface area (Å²) in [6.07, 6.45) is 3.01. The van der Waals surface area contributed by atoms with Crippen molar-refractivity contribution in [3.63, 3.8) is 0 Å². The van der Waals surface area contributed by atoms with Crippen molar-refractivity contribution in [2.45, 2.75) is 38.8 Å². The second-order valence-electron chi connectivity index (χ2n) is 5.18. The van der Waals surface area contributed by atoms with Crippen molar-refractivity contribution in [2.24, 2.45) is 0 Å². The van der Waals surface area contributed by atoms with E-state index < -0.39 is 29.9 Å². The quantitative estimate of drug-likeness (QED) is 0.773. The second kappa shape index (κ2) is 7.36. The molecule has 0 aliphatic heterocycles. The number of benzene rings is 1. The standard InChI is InChI=1S/C15H20F2N2O2/c1-2-5-18-14(20)9-21-15-12(16)6-10(7-13(15)17)8-19-11-3-4-11/h6-7,11,19H,2-5,8-9H2,1H3,(H,18,20). The van der Waals surface area contributed by atoms with Gasteiger partial charge in [-0.25, -0.2) is 8.78 Å². The van der Waals surface area contributed by atoms with E-state index in [0.29, 0.717) is 24.7 Å². The van der Waals surface area contributed by atoms with Crippen LogP contribution in [0.5, 0.6) is 5.75 Å². The predicted octanol–water partition coefficient (Wildman–Crippen LogP) is 2.12. The largest absolute Gasteiger partial charge is 0.478 e. The lowest BCUT2D eigenvalue weighted by molar-refractivity contribution is -0.123. The van der Waals surface area contributed by atoms with Crippen molar-refractivity contribution in [2.75, 3.05) is 13.2 Å². The summed E-state index contributed by atoms with van der Waals surface area (Å²) in [7, 11) is 0. The fraction of sp³-hybridized carbons (Fsp3) is 0.533. The zero-order chi connectivity index (χ0) is 15.2. The Kier molecular flexibility index (Phi) is 5.50. The Morgan fingerprint density at radius 2 is 2.00 bits per heavy atom.